The molecule has 1 aromatic rings. The first-order valence-electron chi connectivity index (χ1n) is 5.49. The van der Waals surface area contributed by atoms with Crippen LogP contribution in [0.2, 0.25) is 0 Å². The van der Waals surface area contributed by atoms with E-state index in [0.717, 1.165) is 23.9 Å². The third-order valence-corrected chi connectivity index (χ3v) is 3.29. The molecule has 0 aliphatic heterocycles. The third kappa shape index (κ3) is 1.85. The number of furan rings is 1. The van der Waals surface area contributed by atoms with Crippen LogP contribution in [0.5, 0.6) is 0 Å². The van der Waals surface area contributed by atoms with E-state index in [2.05, 4.69) is 6.07 Å². The average molecular weight is 193 g/mol. The van der Waals surface area contributed by atoms with Crippen LogP contribution in [0.1, 0.15) is 48.8 Å². The molecule has 1 aliphatic carbocycles. The summed E-state index contributed by atoms with van der Waals surface area (Å²) < 4.78 is 5.49. The molecule has 1 fully saturated rings. The molecule has 2 nitrogen and oxygen atoms in total. The van der Waals surface area contributed by atoms with Crippen LogP contribution in [0, 0.1) is 19.8 Å². The molecule has 2 N–H and O–H groups in total. The van der Waals surface area contributed by atoms with Crippen molar-refractivity contribution in [3.8, 4) is 0 Å². The van der Waals surface area contributed by atoms with Crippen molar-refractivity contribution in [2.75, 3.05) is 0 Å². The van der Waals surface area contributed by atoms with E-state index in [4.69, 9.17) is 10.2 Å². The summed E-state index contributed by atoms with van der Waals surface area (Å²) in [6, 6.07) is 2.26. The van der Waals surface area contributed by atoms with Gasteiger partial charge in [-0.2, -0.15) is 0 Å². The Morgan fingerprint density at radius 1 is 1.50 bits per heavy atom. The largest absolute Gasteiger partial charge is 0.466 e. The smallest absolute Gasteiger partial charge is 0.105 e. The standard InChI is InChI=1S/C12H19NO/c1-8-6-11(9(2)14-8)12(13)7-10-4-3-5-10/h6,10,12H,3-5,7,13H2,1-2H3. The Labute approximate surface area is 85.5 Å². The highest BCUT2D eigenvalue weighted by Gasteiger charge is 2.22. The fraction of sp³-hybridized carbons (Fsp3) is 0.667. The molecule has 1 aromatic heterocycles. The lowest BCUT2D eigenvalue weighted by Gasteiger charge is -2.27. The van der Waals surface area contributed by atoms with Crippen LogP contribution in [0.25, 0.3) is 0 Å². The highest BCUT2D eigenvalue weighted by atomic mass is 16.3. The Morgan fingerprint density at radius 3 is 2.64 bits per heavy atom. The van der Waals surface area contributed by atoms with Crippen molar-refractivity contribution in [2.24, 2.45) is 11.7 Å². The van der Waals surface area contributed by atoms with Gasteiger partial charge in [0.15, 0.2) is 0 Å². The molecule has 0 radical (unpaired) electrons. The van der Waals surface area contributed by atoms with Crippen molar-refractivity contribution in [3.63, 3.8) is 0 Å². The van der Waals surface area contributed by atoms with Crippen LogP contribution in [-0.4, -0.2) is 0 Å². The van der Waals surface area contributed by atoms with Crippen molar-refractivity contribution in [2.45, 2.75) is 45.6 Å². The molecule has 1 aliphatic rings. The van der Waals surface area contributed by atoms with Crippen molar-refractivity contribution < 1.29 is 4.42 Å². The lowest BCUT2D eigenvalue weighted by atomic mass is 9.80. The van der Waals surface area contributed by atoms with Crippen LogP contribution in [0.3, 0.4) is 0 Å². The average Bonchev–Trinajstić information content (AvgIpc) is 2.37. The molecule has 0 spiro atoms. The van der Waals surface area contributed by atoms with Crippen molar-refractivity contribution in [1.29, 1.82) is 0 Å². The van der Waals surface area contributed by atoms with E-state index in [1.165, 1.54) is 24.8 Å². The predicted octanol–water partition coefficient (Wildman–Crippen LogP) is 3.09. The summed E-state index contributed by atoms with van der Waals surface area (Å²) in [5, 5.41) is 0. The second-order valence-electron chi connectivity index (χ2n) is 4.51. The number of aryl methyl sites for hydroxylation is 2. The first-order chi connectivity index (χ1) is 6.66. The first-order valence-corrected chi connectivity index (χ1v) is 5.49. The van der Waals surface area contributed by atoms with Gasteiger partial charge in [0.25, 0.3) is 0 Å². The molecule has 1 saturated carbocycles. The lowest BCUT2D eigenvalue weighted by molar-refractivity contribution is 0.276. The first kappa shape index (κ1) is 9.78. The molecule has 2 rings (SSSR count). The third-order valence-electron chi connectivity index (χ3n) is 3.29. The molecule has 0 amide bonds. The molecule has 14 heavy (non-hydrogen) atoms. The van der Waals surface area contributed by atoms with Crippen LogP contribution in [-0.2, 0) is 0 Å². The molecule has 0 saturated heterocycles. The Morgan fingerprint density at radius 2 is 2.21 bits per heavy atom. The van der Waals surface area contributed by atoms with E-state index in [0.29, 0.717) is 0 Å². The van der Waals surface area contributed by atoms with Gasteiger partial charge in [-0.3, -0.25) is 0 Å². The van der Waals surface area contributed by atoms with Crippen LogP contribution < -0.4 is 5.73 Å². The fourth-order valence-electron chi connectivity index (χ4n) is 2.23. The van der Waals surface area contributed by atoms with Gasteiger partial charge in [-0.25, -0.2) is 0 Å². The quantitative estimate of drug-likeness (QED) is 0.801. The Kier molecular flexibility index (Phi) is 2.64. The monoisotopic (exact) mass is 193 g/mol. The Balaban J connectivity index is 2.02. The van der Waals surface area contributed by atoms with E-state index in [1.54, 1.807) is 0 Å². The molecular weight excluding hydrogens is 174 g/mol. The van der Waals surface area contributed by atoms with Gasteiger partial charge in [-0.1, -0.05) is 19.3 Å². The second-order valence-corrected chi connectivity index (χ2v) is 4.51. The molecule has 2 heteroatoms. The van der Waals surface area contributed by atoms with Gasteiger partial charge in [0.05, 0.1) is 0 Å². The number of nitrogens with two attached hydrogens (primary N) is 1. The maximum atomic E-state index is 6.16. The Hall–Kier alpha value is -0.760. The van der Waals surface area contributed by atoms with Crippen molar-refractivity contribution in [1.82, 2.24) is 0 Å². The second kappa shape index (κ2) is 3.77. The number of hydrogen-bond acceptors (Lipinski definition) is 2. The molecule has 1 heterocycles. The van der Waals surface area contributed by atoms with Gasteiger partial charge >= 0.3 is 0 Å². The zero-order chi connectivity index (χ0) is 10.1. The summed E-state index contributed by atoms with van der Waals surface area (Å²) >= 11 is 0. The maximum Gasteiger partial charge on any atom is 0.105 e. The van der Waals surface area contributed by atoms with Gasteiger partial charge < -0.3 is 10.2 Å². The summed E-state index contributed by atoms with van der Waals surface area (Å²) in [4.78, 5) is 0. The van der Waals surface area contributed by atoms with E-state index in [1.807, 2.05) is 13.8 Å². The van der Waals surface area contributed by atoms with Crippen LogP contribution in [0.4, 0.5) is 0 Å². The van der Waals surface area contributed by atoms with Gasteiger partial charge in [0.2, 0.25) is 0 Å². The summed E-state index contributed by atoms with van der Waals surface area (Å²) in [5.41, 5.74) is 7.36. The minimum Gasteiger partial charge on any atom is -0.466 e. The fourth-order valence-corrected chi connectivity index (χ4v) is 2.23. The predicted molar refractivity (Wildman–Crippen MR) is 57.1 cm³/mol. The molecule has 0 aromatic carbocycles. The van der Waals surface area contributed by atoms with Gasteiger partial charge in [-0.05, 0) is 32.3 Å². The highest BCUT2D eigenvalue weighted by Crippen LogP contribution is 2.34. The van der Waals surface area contributed by atoms with E-state index in [-0.39, 0.29) is 6.04 Å². The molecule has 1 unspecified atom stereocenters. The van der Waals surface area contributed by atoms with Crippen molar-refractivity contribution >= 4 is 0 Å². The SMILES string of the molecule is Cc1cc(C(N)CC2CCC2)c(C)o1. The summed E-state index contributed by atoms with van der Waals surface area (Å²) in [6.07, 6.45) is 5.24. The topological polar surface area (TPSA) is 39.2 Å². The van der Waals surface area contributed by atoms with Gasteiger partial charge in [0.1, 0.15) is 11.5 Å². The van der Waals surface area contributed by atoms with Crippen molar-refractivity contribution in [3.05, 3.63) is 23.2 Å². The number of hydrogen-bond donors (Lipinski definition) is 1. The molecular formula is C12H19NO. The minimum atomic E-state index is 0.178. The van der Waals surface area contributed by atoms with Crippen LogP contribution >= 0.6 is 0 Å². The Bertz CT molecular complexity index is 312. The van der Waals surface area contributed by atoms with E-state index in [9.17, 15) is 0 Å². The van der Waals surface area contributed by atoms with E-state index >= 15 is 0 Å². The van der Waals surface area contributed by atoms with E-state index < -0.39 is 0 Å². The van der Waals surface area contributed by atoms with Gasteiger partial charge in [0, 0.05) is 11.6 Å². The summed E-state index contributed by atoms with van der Waals surface area (Å²) in [7, 11) is 0. The normalized spacial score (nSPS) is 19.4. The number of rotatable bonds is 3. The minimum absolute atomic E-state index is 0.178. The molecule has 78 valence electrons. The zero-order valence-corrected chi connectivity index (χ0v) is 9.05. The molecule has 1 atom stereocenters. The maximum absolute atomic E-state index is 6.16. The lowest BCUT2D eigenvalue weighted by Crippen LogP contribution is -2.20. The summed E-state index contributed by atoms with van der Waals surface area (Å²) in [5.74, 6) is 2.83. The highest BCUT2D eigenvalue weighted by molar-refractivity contribution is 5.23. The summed E-state index contributed by atoms with van der Waals surface area (Å²) in [6.45, 7) is 3.98. The zero-order valence-electron chi connectivity index (χ0n) is 9.05. The van der Waals surface area contributed by atoms with Gasteiger partial charge in [-0.15, -0.1) is 0 Å². The molecule has 0 bridgehead atoms. The van der Waals surface area contributed by atoms with Crippen LogP contribution in [0.15, 0.2) is 10.5 Å².